The average molecular weight is 458 g/mol. The molecule has 2 amide bonds. The Morgan fingerprint density at radius 2 is 1.85 bits per heavy atom. The third-order valence-electron chi connectivity index (χ3n) is 7.35. The topological polar surface area (TPSA) is 119 Å². The molecule has 2 aliphatic carbocycles. The largest absolute Gasteiger partial charge is 0.384 e. The van der Waals surface area contributed by atoms with Gasteiger partial charge >= 0.3 is 0 Å². The number of aryl methyl sites for hydroxylation is 1. The number of hydrogen-bond acceptors (Lipinski definition) is 6. The van der Waals surface area contributed by atoms with Crippen molar-refractivity contribution in [2.45, 2.75) is 51.2 Å². The smallest absolute Gasteiger partial charge is 0.273 e. The maximum atomic E-state index is 12.7. The molecule has 3 N–H and O–H groups in total. The quantitative estimate of drug-likeness (QED) is 0.586. The van der Waals surface area contributed by atoms with Crippen molar-refractivity contribution >= 4 is 17.6 Å². The second-order valence-electron chi connectivity index (χ2n) is 9.71. The van der Waals surface area contributed by atoms with Crippen LogP contribution in [-0.4, -0.2) is 43.2 Å². The highest BCUT2D eigenvalue weighted by atomic mass is 16.2. The highest BCUT2D eigenvalue weighted by molar-refractivity contribution is 5.92. The lowest BCUT2D eigenvalue weighted by Crippen LogP contribution is -2.27. The van der Waals surface area contributed by atoms with Crippen LogP contribution in [0.3, 0.4) is 0 Å². The number of pyridine rings is 1. The fraction of sp³-hybridized carbons (Fsp3) is 0.400. The van der Waals surface area contributed by atoms with E-state index in [2.05, 4.69) is 32.7 Å². The van der Waals surface area contributed by atoms with E-state index in [0.29, 0.717) is 24.8 Å². The molecule has 1 aromatic carbocycles. The van der Waals surface area contributed by atoms with Gasteiger partial charge in [0.15, 0.2) is 5.69 Å². The van der Waals surface area contributed by atoms with E-state index in [1.54, 1.807) is 16.9 Å². The van der Waals surface area contributed by atoms with E-state index >= 15 is 0 Å². The molecule has 6 rings (SSSR count). The zero-order chi connectivity index (χ0) is 23.3. The summed E-state index contributed by atoms with van der Waals surface area (Å²) < 4.78 is 1.66. The van der Waals surface area contributed by atoms with E-state index in [1.165, 1.54) is 0 Å². The number of fused-ring (bicyclic) bond motifs is 1. The molecule has 9 nitrogen and oxygen atoms in total. The minimum Gasteiger partial charge on any atom is -0.384 e. The number of nitrogens with zero attached hydrogens (tertiary/aromatic N) is 5. The number of nitrogen functional groups attached to an aromatic ring is 1. The van der Waals surface area contributed by atoms with Gasteiger partial charge in [-0.2, -0.15) is 0 Å². The van der Waals surface area contributed by atoms with Gasteiger partial charge in [-0.3, -0.25) is 9.59 Å². The van der Waals surface area contributed by atoms with Gasteiger partial charge in [-0.1, -0.05) is 35.5 Å². The van der Waals surface area contributed by atoms with E-state index in [4.69, 9.17) is 5.73 Å². The first-order chi connectivity index (χ1) is 16.5. The molecule has 1 saturated heterocycles. The molecule has 3 aliphatic rings. The number of amides is 2. The van der Waals surface area contributed by atoms with Crippen LogP contribution >= 0.6 is 0 Å². The second-order valence-corrected chi connectivity index (χ2v) is 9.71. The summed E-state index contributed by atoms with van der Waals surface area (Å²) in [5.41, 5.74) is 10.2. The van der Waals surface area contributed by atoms with Crippen LogP contribution in [0.25, 0.3) is 0 Å². The third kappa shape index (κ3) is 3.81. The van der Waals surface area contributed by atoms with Crippen LogP contribution in [0.5, 0.6) is 0 Å². The summed E-state index contributed by atoms with van der Waals surface area (Å²) in [7, 11) is 0. The Labute approximate surface area is 197 Å². The van der Waals surface area contributed by atoms with Crippen LogP contribution in [0.4, 0.5) is 5.82 Å². The van der Waals surface area contributed by atoms with Gasteiger partial charge in [-0.25, -0.2) is 9.67 Å². The molecule has 1 unspecified atom stereocenters. The van der Waals surface area contributed by atoms with Crippen molar-refractivity contribution in [3.8, 4) is 0 Å². The highest BCUT2D eigenvalue weighted by Crippen LogP contribution is 2.53. The molecule has 1 aliphatic heterocycles. The fourth-order valence-electron chi connectivity index (χ4n) is 5.16. The Balaban J connectivity index is 1.06. The number of carbonyl (C=O) groups is 2. The van der Waals surface area contributed by atoms with E-state index in [0.717, 1.165) is 61.0 Å². The lowest BCUT2D eigenvalue weighted by Gasteiger charge is -2.16. The van der Waals surface area contributed by atoms with Crippen LogP contribution < -0.4 is 11.1 Å². The van der Waals surface area contributed by atoms with Gasteiger partial charge in [-0.15, -0.1) is 5.10 Å². The van der Waals surface area contributed by atoms with Gasteiger partial charge in [0.25, 0.3) is 5.91 Å². The van der Waals surface area contributed by atoms with Gasteiger partial charge < -0.3 is 16.0 Å². The summed E-state index contributed by atoms with van der Waals surface area (Å²) >= 11 is 0. The maximum absolute atomic E-state index is 12.7. The van der Waals surface area contributed by atoms with Gasteiger partial charge in [-0.05, 0) is 54.9 Å². The molecule has 3 heterocycles. The Kier molecular flexibility index (Phi) is 4.86. The normalized spacial score (nSPS) is 20.1. The van der Waals surface area contributed by atoms with E-state index in [1.807, 2.05) is 23.1 Å². The van der Waals surface area contributed by atoms with E-state index in [9.17, 15) is 9.59 Å². The predicted octanol–water partition coefficient (Wildman–Crippen LogP) is 2.23. The molecular weight excluding hydrogens is 430 g/mol. The number of aromatic nitrogens is 4. The van der Waals surface area contributed by atoms with Crippen molar-refractivity contribution in [3.05, 3.63) is 70.7 Å². The van der Waals surface area contributed by atoms with Gasteiger partial charge in [0, 0.05) is 18.8 Å². The SMILES string of the molecule is Nc1ccc2c(n1)CCC2NC(=O)c1cn(Cc2ccc(CN3CCC4(CC4)C3=O)cc2)nn1. The summed E-state index contributed by atoms with van der Waals surface area (Å²) in [6, 6.07) is 11.8. The van der Waals surface area contributed by atoms with E-state index < -0.39 is 0 Å². The monoisotopic (exact) mass is 457 g/mol. The summed E-state index contributed by atoms with van der Waals surface area (Å²) in [5.74, 6) is 0.573. The Morgan fingerprint density at radius 3 is 2.59 bits per heavy atom. The van der Waals surface area contributed by atoms with Crippen molar-refractivity contribution in [1.29, 1.82) is 0 Å². The molecule has 0 bridgehead atoms. The first-order valence-electron chi connectivity index (χ1n) is 11.8. The van der Waals surface area contributed by atoms with Crippen LogP contribution in [-0.2, 0) is 24.3 Å². The van der Waals surface area contributed by atoms with Crippen LogP contribution in [0, 0.1) is 5.41 Å². The number of hydrogen-bond donors (Lipinski definition) is 2. The fourth-order valence-corrected chi connectivity index (χ4v) is 5.16. The van der Waals surface area contributed by atoms with Gasteiger partial charge in [0.2, 0.25) is 5.91 Å². The second kappa shape index (κ2) is 7.93. The number of carbonyl (C=O) groups excluding carboxylic acids is 2. The Bertz CT molecular complexity index is 1260. The molecule has 2 aromatic heterocycles. The summed E-state index contributed by atoms with van der Waals surface area (Å²) in [6.07, 6.45) is 6.37. The lowest BCUT2D eigenvalue weighted by molar-refractivity contribution is -0.132. The molecule has 1 spiro atoms. The van der Waals surface area contributed by atoms with Crippen LogP contribution in [0.2, 0.25) is 0 Å². The standard InChI is InChI=1S/C25H27N7O2/c26-22-8-5-18-19(27-22)6-7-20(18)28-23(33)21-15-32(30-29-21)14-17-3-1-16(2-4-17)13-31-12-11-25(9-10-25)24(31)34/h1-5,8,15,20H,6-7,9-14H2,(H2,26,27)(H,28,33). The van der Waals surface area contributed by atoms with Gasteiger partial charge in [0.05, 0.1) is 24.2 Å². The minimum absolute atomic E-state index is 0.0108. The lowest BCUT2D eigenvalue weighted by atomic mass is 10.1. The van der Waals surface area contributed by atoms with Crippen molar-refractivity contribution in [3.63, 3.8) is 0 Å². The molecule has 1 atom stereocenters. The molecule has 3 aromatic rings. The van der Waals surface area contributed by atoms with Crippen LogP contribution in [0.15, 0.2) is 42.6 Å². The molecular formula is C25H27N7O2. The van der Waals surface area contributed by atoms with Crippen LogP contribution in [0.1, 0.15) is 64.6 Å². The number of likely N-dealkylation sites (tertiary alicyclic amines) is 1. The molecule has 9 heteroatoms. The number of benzene rings is 1. The molecule has 174 valence electrons. The molecule has 1 saturated carbocycles. The number of rotatable bonds is 6. The molecule has 0 radical (unpaired) electrons. The Morgan fingerprint density at radius 1 is 1.09 bits per heavy atom. The predicted molar refractivity (Wildman–Crippen MR) is 124 cm³/mol. The first kappa shape index (κ1) is 20.8. The number of nitrogens with two attached hydrogens (primary N) is 1. The summed E-state index contributed by atoms with van der Waals surface area (Å²) in [6.45, 7) is 2.05. The zero-order valence-electron chi connectivity index (χ0n) is 18.9. The van der Waals surface area contributed by atoms with Crippen molar-refractivity contribution in [2.75, 3.05) is 12.3 Å². The number of anilines is 1. The van der Waals surface area contributed by atoms with Crippen molar-refractivity contribution in [2.24, 2.45) is 5.41 Å². The minimum atomic E-state index is -0.250. The third-order valence-corrected chi connectivity index (χ3v) is 7.35. The van der Waals surface area contributed by atoms with Gasteiger partial charge in [0.1, 0.15) is 5.82 Å². The maximum Gasteiger partial charge on any atom is 0.273 e. The Hall–Kier alpha value is -3.75. The summed E-state index contributed by atoms with van der Waals surface area (Å²) in [5, 5.41) is 11.2. The van der Waals surface area contributed by atoms with E-state index in [-0.39, 0.29) is 23.1 Å². The van der Waals surface area contributed by atoms with Crippen molar-refractivity contribution < 1.29 is 9.59 Å². The molecule has 2 fully saturated rings. The molecule has 34 heavy (non-hydrogen) atoms. The highest BCUT2D eigenvalue weighted by Gasteiger charge is 2.55. The van der Waals surface area contributed by atoms with Crippen molar-refractivity contribution in [1.82, 2.24) is 30.2 Å². The average Bonchev–Trinajstić information content (AvgIpc) is 3.14. The zero-order valence-corrected chi connectivity index (χ0v) is 18.9. The number of nitrogens with one attached hydrogen (secondary N) is 1. The summed E-state index contributed by atoms with van der Waals surface area (Å²) in [4.78, 5) is 31.6. The first-order valence-corrected chi connectivity index (χ1v) is 11.8.